The molecule has 12 heteroatoms. The largest absolute Gasteiger partial charge is 0.472 e. The second kappa shape index (κ2) is 54.9. The third-order valence-electron chi connectivity index (χ3n) is 13.1. The van der Waals surface area contributed by atoms with Crippen molar-refractivity contribution in [1.82, 2.24) is 0 Å². The molecule has 3 unspecified atom stereocenters. The number of aliphatic hydroxyl groups is 1. The third kappa shape index (κ3) is 52.6. The van der Waals surface area contributed by atoms with Gasteiger partial charge in [-0.3, -0.25) is 23.4 Å². The number of hydrogen-bond acceptors (Lipinski definition) is 10. The molecule has 3 atom stereocenters. The molecule has 0 radical (unpaired) electrons. The average molecular weight is 1040 g/mol. The number of esters is 3. The zero-order chi connectivity index (χ0) is 52.7. The van der Waals surface area contributed by atoms with Gasteiger partial charge in [-0.05, 0) is 57.8 Å². The van der Waals surface area contributed by atoms with Crippen LogP contribution in [0.1, 0.15) is 290 Å². The topological polar surface area (TPSA) is 155 Å². The number of ether oxygens (including phenoxy) is 3. The molecule has 0 amide bonds. The minimum Gasteiger partial charge on any atom is -0.462 e. The van der Waals surface area contributed by atoms with Gasteiger partial charge in [0.05, 0.1) is 19.8 Å². The zero-order valence-corrected chi connectivity index (χ0v) is 47.6. The predicted octanol–water partition coefficient (Wildman–Crippen LogP) is 17.6. The molecular formula is C60H111O11P. The molecule has 0 heterocycles. The van der Waals surface area contributed by atoms with Gasteiger partial charge in [-0.1, -0.05) is 250 Å². The summed E-state index contributed by atoms with van der Waals surface area (Å²) in [5, 5.41) is 9.82. The molecule has 0 aliphatic heterocycles. The summed E-state index contributed by atoms with van der Waals surface area (Å²) < 4.78 is 39.5. The molecule has 0 saturated carbocycles. The molecule has 0 spiro atoms. The Morgan fingerprint density at radius 3 is 1.07 bits per heavy atom. The zero-order valence-electron chi connectivity index (χ0n) is 46.7. The predicted molar refractivity (Wildman–Crippen MR) is 298 cm³/mol. The Kier molecular flexibility index (Phi) is 53.2. The van der Waals surface area contributed by atoms with Gasteiger partial charge < -0.3 is 24.2 Å². The molecule has 11 nitrogen and oxygen atoms in total. The first-order valence-corrected chi connectivity index (χ1v) is 31.4. The number of rotatable bonds is 56. The van der Waals surface area contributed by atoms with Crippen LogP contribution in [-0.2, 0) is 42.2 Å². The maximum atomic E-state index is 12.9. The summed E-state index contributed by atoms with van der Waals surface area (Å²) in [5.74, 6) is -1.46. The number of aliphatic hydroxyl groups excluding tert-OH is 1. The van der Waals surface area contributed by atoms with Gasteiger partial charge in [-0.2, -0.15) is 0 Å². The highest BCUT2D eigenvalue weighted by Crippen LogP contribution is 2.43. The summed E-state index contributed by atoms with van der Waals surface area (Å²) in [7, 11) is -4.74. The Hall–Kier alpha value is -2.30. The van der Waals surface area contributed by atoms with Crippen LogP contribution in [0.5, 0.6) is 0 Å². The maximum Gasteiger partial charge on any atom is 0.472 e. The first kappa shape index (κ1) is 69.7. The molecular weight excluding hydrogens is 928 g/mol. The van der Waals surface area contributed by atoms with Gasteiger partial charge in [0, 0.05) is 19.3 Å². The SMILES string of the molecule is CCCCC/C=C\C/C=C\C/C=C\CCCCCCCCC(=O)OC(COC(=O)CCCCCCCCCCC)COP(=O)(O)OCC(CO)OC(=O)CCCCCCCCCCCCCCCCCCC. The van der Waals surface area contributed by atoms with E-state index in [1.165, 1.54) is 141 Å². The van der Waals surface area contributed by atoms with E-state index in [4.69, 9.17) is 23.3 Å². The van der Waals surface area contributed by atoms with E-state index in [2.05, 4.69) is 57.2 Å². The van der Waals surface area contributed by atoms with Crippen LogP contribution in [0, 0.1) is 0 Å². The number of carbonyl (C=O) groups excluding carboxylic acids is 3. The third-order valence-corrected chi connectivity index (χ3v) is 14.0. The molecule has 0 aromatic rings. The maximum absolute atomic E-state index is 12.9. The molecule has 422 valence electrons. The van der Waals surface area contributed by atoms with E-state index in [0.29, 0.717) is 19.3 Å². The van der Waals surface area contributed by atoms with Gasteiger partial charge in [0.25, 0.3) is 0 Å². The lowest BCUT2D eigenvalue weighted by atomic mass is 10.0. The molecule has 0 aromatic carbocycles. The quantitative estimate of drug-likeness (QED) is 0.0197. The fraction of sp³-hybridized carbons (Fsp3) is 0.850. The van der Waals surface area contributed by atoms with Crippen molar-refractivity contribution in [2.75, 3.05) is 26.4 Å². The van der Waals surface area contributed by atoms with Crippen molar-refractivity contribution >= 4 is 25.7 Å². The van der Waals surface area contributed by atoms with Crippen molar-refractivity contribution in [1.29, 1.82) is 0 Å². The average Bonchev–Trinajstić information content (AvgIpc) is 3.37. The second-order valence-electron chi connectivity index (χ2n) is 20.2. The molecule has 0 rings (SSSR count). The minimum atomic E-state index is -4.74. The van der Waals surface area contributed by atoms with E-state index < -0.39 is 57.8 Å². The van der Waals surface area contributed by atoms with Crippen LogP contribution < -0.4 is 0 Å². The molecule has 0 aliphatic rings. The number of hydrogen-bond donors (Lipinski definition) is 2. The lowest BCUT2D eigenvalue weighted by Crippen LogP contribution is -2.30. The highest BCUT2D eigenvalue weighted by molar-refractivity contribution is 7.47. The van der Waals surface area contributed by atoms with E-state index in [1.807, 2.05) is 0 Å². The van der Waals surface area contributed by atoms with Crippen molar-refractivity contribution in [3.63, 3.8) is 0 Å². The summed E-state index contributed by atoms with van der Waals surface area (Å²) in [6.45, 7) is 4.63. The Morgan fingerprint density at radius 2 is 0.681 bits per heavy atom. The van der Waals surface area contributed by atoms with E-state index in [0.717, 1.165) is 89.9 Å². The summed E-state index contributed by atoms with van der Waals surface area (Å²) in [5.41, 5.74) is 0. The second-order valence-corrected chi connectivity index (χ2v) is 21.6. The van der Waals surface area contributed by atoms with Gasteiger partial charge >= 0.3 is 25.7 Å². The van der Waals surface area contributed by atoms with Crippen LogP contribution in [0.15, 0.2) is 36.5 Å². The number of phosphoric acid groups is 1. The molecule has 0 bridgehead atoms. The van der Waals surface area contributed by atoms with E-state index in [-0.39, 0.29) is 25.9 Å². The number of allylic oxidation sites excluding steroid dienone is 6. The van der Waals surface area contributed by atoms with Crippen molar-refractivity contribution in [2.45, 2.75) is 303 Å². The number of phosphoric ester groups is 1. The molecule has 0 fully saturated rings. The first-order valence-electron chi connectivity index (χ1n) is 29.9. The summed E-state index contributed by atoms with van der Waals surface area (Å²) >= 11 is 0. The van der Waals surface area contributed by atoms with E-state index >= 15 is 0 Å². The summed E-state index contributed by atoms with van der Waals surface area (Å²) in [4.78, 5) is 48.5. The van der Waals surface area contributed by atoms with Crippen molar-refractivity contribution < 1.29 is 52.2 Å². The highest BCUT2D eigenvalue weighted by Gasteiger charge is 2.28. The Bertz CT molecular complexity index is 1350. The lowest BCUT2D eigenvalue weighted by molar-refractivity contribution is -0.161. The van der Waals surface area contributed by atoms with Crippen molar-refractivity contribution in [3.05, 3.63) is 36.5 Å². The van der Waals surface area contributed by atoms with Gasteiger partial charge in [-0.25, -0.2) is 4.57 Å². The van der Waals surface area contributed by atoms with Gasteiger partial charge in [0.2, 0.25) is 0 Å². The highest BCUT2D eigenvalue weighted by atomic mass is 31.2. The van der Waals surface area contributed by atoms with Gasteiger partial charge in [0.1, 0.15) is 12.7 Å². The van der Waals surface area contributed by atoms with Gasteiger partial charge in [-0.15, -0.1) is 0 Å². The normalized spacial score (nSPS) is 13.6. The van der Waals surface area contributed by atoms with Gasteiger partial charge in [0.15, 0.2) is 6.10 Å². The Morgan fingerprint density at radius 1 is 0.389 bits per heavy atom. The van der Waals surface area contributed by atoms with E-state index in [1.54, 1.807) is 0 Å². The molecule has 2 N–H and O–H groups in total. The summed E-state index contributed by atoms with van der Waals surface area (Å²) in [6, 6.07) is 0. The van der Waals surface area contributed by atoms with Crippen molar-refractivity contribution in [2.24, 2.45) is 0 Å². The number of unbranched alkanes of at least 4 members (excludes halogenated alkanes) is 33. The van der Waals surface area contributed by atoms with Crippen LogP contribution >= 0.6 is 7.82 Å². The van der Waals surface area contributed by atoms with Crippen LogP contribution in [0.2, 0.25) is 0 Å². The van der Waals surface area contributed by atoms with Crippen LogP contribution in [0.4, 0.5) is 0 Å². The molecule has 0 aliphatic carbocycles. The standard InChI is InChI=1S/C60H111O11P/c1-4-7-10-13-16-19-21-23-25-27-28-30-32-34-36-39-42-45-48-51-60(64)71-57(53-67-58(62)49-46-43-40-37-18-15-12-9-6-3)55-69-72(65,66)68-54-56(52-61)70-59(63)50-47-44-41-38-35-33-31-29-26-24-22-20-17-14-11-8-5-2/h16,19,23,25,28,30,56-57,61H,4-15,17-18,20-22,24,26-27,29,31-55H2,1-3H3,(H,65,66)/b19-16-,25-23-,30-28-. The lowest BCUT2D eigenvalue weighted by Gasteiger charge is -2.21. The first-order chi connectivity index (χ1) is 35.2. The number of carbonyl (C=O) groups is 3. The van der Waals surface area contributed by atoms with Crippen LogP contribution in [-0.4, -0.2) is 66.5 Å². The smallest absolute Gasteiger partial charge is 0.462 e. The monoisotopic (exact) mass is 1040 g/mol. The van der Waals surface area contributed by atoms with Crippen LogP contribution in [0.25, 0.3) is 0 Å². The molecule has 0 aromatic heterocycles. The fourth-order valence-electron chi connectivity index (χ4n) is 8.48. The summed E-state index contributed by atoms with van der Waals surface area (Å²) in [6.07, 6.45) is 56.8. The van der Waals surface area contributed by atoms with Crippen LogP contribution in [0.3, 0.4) is 0 Å². The minimum absolute atomic E-state index is 0.157. The Labute approximate surface area is 441 Å². The fourth-order valence-corrected chi connectivity index (χ4v) is 9.27. The molecule has 0 saturated heterocycles. The molecule has 72 heavy (non-hydrogen) atoms. The van der Waals surface area contributed by atoms with Crippen molar-refractivity contribution in [3.8, 4) is 0 Å². The Balaban J connectivity index is 4.60. The van der Waals surface area contributed by atoms with E-state index in [9.17, 15) is 28.9 Å².